The zero-order valence-corrected chi connectivity index (χ0v) is 12.9. The number of ether oxygens (including phenoxy) is 1. The molecule has 2 heterocycles. The lowest BCUT2D eigenvalue weighted by Gasteiger charge is -2.39. The monoisotopic (exact) mass is 331 g/mol. The number of hydrogen-bond acceptors (Lipinski definition) is 6. The molecule has 0 saturated carbocycles. The maximum Gasteiger partial charge on any atom is 0.169 e. The van der Waals surface area contributed by atoms with Gasteiger partial charge in [0.15, 0.2) is 16.7 Å². The Bertz CT molecular complexity index is 855. The molecular formula is C16H14FN3O2S. The fourth-order valence-electron chi connectivity index (χ4n) is 3.17. The van der Waals surface area contributed by atoms with E-state index < -0.39 is 11.4 Å². The van der Waals surface area contributed by atoms with Gasteiger partial charge >= 0.3 is 0 Å². The number of amidine groups is 1. The SMILES string of the molecule is NC1=NC2(CCS1)c1cc(N)ccc1Oc1c(F)cc(O)cc12. The number of anilines is 1. The van der Waals surface area contributed by atoms with Crippen LogP contribution in [0.25, 0.3) is 0 Å². The number of nitrogens with two attached hydrogens (primary N) is 2. The topological polar surface area (TPSA) is 93.9 Å². The second-order valence-corrected chi connectivity index (χ2v) is 6.69. The molecule has 2 aliphatic heterocycles. The van der Waals surface area contributed by atoms with Crippen molar-refractivity contribution in [2.45, 2.75) is 12.0 Å². The third kappa shape index (κ3) is 2.03. The highest BCUT2D eigenvalue weighted by molar-refractivity contribution is 8.13. The van der Waals surface area contributed by atoms with Gasteiger partial charge in [-0.05, 0) is 30.7 Å². The molecule has 0 saturated heterocycles. The number of rotatable bonds is 0. The summed E-state index contributed by atoms with van der Waals surface area (Å²) < 4.78 is 20.1. The van der Waals surface area contributed by atoms with E-state index >= 15 is 0 Å². The second-order valence-electron chi connectivity index (χ2n) is 5.57. The van der Waals surface area contributed by atoms with Crippen LogP contribution in [0, 0.1) is 5.82 Å². The van der Waals surface area contributed by atoms with E-state index in [1.165, 1.54) is 17.8 Å². The highest BCUT2D eigenvalue weighted by Crippen LogP contribution is 2.54. The molecule has 23 heavy (non-hydrogen) atoms. The Balaban J connectivity index is 2.08. The number of aliphatic imine (C=N–C) groups is 1. The molecule has 2 aromatic carbocycles. The van der Waals surface area contributed by atoms with Gasteiger partial charge in [0.05, 0.1) is 0 Å². The van der Waals surface area contributed by atoms with Gasteiger partial charge in [0.1, 0.15) is 17.0 Å². The van der Waals surface area contributed by atoms with Gasteiger partial charge in [-0.3, -0.25) is 0 Å². The molecule has 1 spiro atoms. The molecule has 1 atom stereocenters. The highest BCUT2D eigenvalue weighted by atomic mass is 32.2. The molecule has 0 fully saturated rings. The van der Waals surface area contributed by atoms with Crippen LogP contribution in [0.2, 0.25) is 0 Å². The Hall–Kier alpha value is -2.41. The summed E-state index contributed by atoms with van der Waals surface area (Å²) in [7, 11) is 0. The normalized spacial score (nSPS) is 22.0. The van der Waals surface area contributed by atoms with Crippen LogP contribution < -0.4 is 16.2 Å². The number of phenols is 1. The predicted octanol–water partition coefficient (Wildman–Crippen LogP) is 2.91. The average molecular weight is 331 g/mol. The van der Waals surface area contributed by atoms with Crippen molar-refractivity contribution in [3.8, 4) is 17.2 Å². The number of nitrogen functional groups attached to an aromatic ring is 1. The Morgan fingerprint density at radius 2 is 2.04 bits per heavy atom. The molecule has 2 aliphatic rings. The average Bonchev–Trinajstić information content (AvgIpc) is 2.50. The Morgan fingerprint density at radius 3 is 2.83 bits per heavy atom. The smallest absolute Gasteiger partial charge is 0.169 e. The van der Waals surface area contributed by atoms with Gasteiger partial charge < -0.3 is 21.3 Å². The minimum Gasteiger partial charge on any atom is -0.508 e. The number of halogens is 1. The van der Waals surface area contributed by atoms with Crippen molar-refractivity contribution in [1.29, 1.82) is 0 Å². The van der Waals surface area contributed by atoms with E-state index in [0.717, 1.165) is 17.4 Å². The van der Waals surface area contributed by atoms with E-state index in [1.807, 2.05) is 0 Å². The molecule has 1 unspecified atom stereocenters. The largest absolute Gasteiger partial charge is 0.508 e. The van der Waals surface area contributed by atoms with Gasteiger partial charge in [0.2, 0.25) is 0 Å². The van der Waals surface area contributed by atoms with Gasteiger partial charge in [0.25, 0.3) is 0 Å². The number of benzene rings is 2. The number of hydrogen-bond donors (Lipinski definition) is 3. The van der Waals surface area contributed by atoms with E-state index in [2.05, 4.69) is 4.99 Å². The Morgan fingerprint density at radius 1 is 1.22 bits per heavy atom. The van der Waals surface area contributed by atoms with Crippen molar-refractivity contribution in [1.82, 2.24) is 0 Å². The van der Waals surface area contributed by atoms with Crippen LogP contribution >= 0.6 is 11.8 Å². The lowest BCUT2D eigenvalue weighted by atomic mass is 9.78. The highest BCUT2D eigenvalue weighted by Gasteiger charge is 2.45. The first-order valence-electron chi connectivity index (χ1n) is 7.08. The molecule has 2 aromatic rings. The second kappa shape index (κ2) is 4.79. The van der Waals surface area contributed by atoms with Crippen LogP contribution in [-0.2, 0) is 5.54 Å². The van der Waals surface area contributed by atoms with Crippen molar-refractivity contribution >= 4 is 22.6 Å². The number of fused-ring (bicyclic) bond motifs is 4. The molecule has 5 nitrogen and oxygen atoms in total. The third-order valence-electron chi connectivity index (χ3n) is 4.15. The van der Waals surface area contributed by atoms with Crippen LogP contribution in [0.5, 0.6) is 17.2 Å². The molecular weight excluding hydrogens is 317 g/mol. The first-order chi connectivity index (χ1) is 11.0. The Labute approximate surface area is 136 Å². The van der Waals surface area contributed by atoms with Crippen molar-refractivity contribution in [3.63, 3.8) is 0 Å². The molecule has 5 N–H and O–H groups in total. The summed E-state index contributed by atoms with van der Waals surface area (Å²) in [5, 5.41) is 10.3. The van der Waals surface area contributed by atoms with Gasteiger partial charge in [-0.15, -0.1) is 0 Å². The van der Waals surface area contributed by atoms with E-state index in [9.17, 15) is 9.50 Å². The fourth-order valence-corrected chi connectivity index (χ4v) is 4.00. The van der Waals surface area contributed by atoms with Gasteiger partial charge in [-0.1, -0.05) is 11.8 Å². The van der Waals surface area contributed by atoms with Gasteiger partial charge in [0, 0.05) is 28.6 Å². The van der Waals surface area contributed by atoms with E-state index in [0.29, 0.717) is 28.6 Å². The quantitative estimate of drug-likeness (QED) is 0.645. The number of thioether (sulfide) groups is 1. The zero-order chi connectivity index (χ0) is 16.2. The minimum absolute atomic E-state index is 0.0727. The summed E-state index contributed by atoms with van der Waals surface area (Å²) in [5.41, 5.74) is 12.7. The number of nitrogens with zero attached hydrogens (tertiary/aromatic N) is 1. The van der Waals surface area contributed by atoms with Gasteiger partial charge in [-0.2, -0.15) is 0 Å². The van der Waals surface area contributed by atoms with E-state index in [1.54, 1.807) is 18.2 Å². The first kappa shape index (κ1) is 14.2. The maximum atomic E-state index is 14.3. The summed E-state index contributed by atoms with van der Waals surface area (Å²) in [4.78, 5) is 4.62. The summed E-state index contributed by atoms with van der Waals surface area (Å²) in [6.45, 7) is 0. The summed E-state index contributed by atoms with van der Waals surface area (Å²) >= 11 is 1.45. The lowest BCUT2D eigenvalue weighted by molar-refractivity contribution is 0.364. The minimum atomic E-state index is -0.896. The molecule has 0 aromatic heterocycles. The van der Waals surface area contributed by atoms with Crippen molar-refractivity contribution in [3.05, 3.63) is 47.3 Å². The van der Waals surface area contributed by atoms with Crippen LogP contribution in [0.1, 0.15) is 17.5 Å². The van der Waals surface area contributed by atoms with Crippen molar-refractivity contribution in [2.75, 3.05) is 11.5 Å². The van der Waals surface area contributed by atoms with Crippen LogP contribution in [0.3, 0.4) is 0 Å². The molecule has 118 valence electrons. The molecule has 0 bridgehead atoms. The first-order valence-corrected chi connectivity index (χ1v) is 8.07. The van der Waals surface area contributed by atoms with Crippen molar-refractivity contribution < 1.29 is 14.2 Å². The molecule has 0 aliphatic carbocycles. The predicted molar refractivity (Wildman–Crippen MR) is 88.5 cm³/mol. The van der Waals surface area contributed by atoms with Crippen molar-refractivity contribution in [2.24, 2.45) is 10.7 Å². The molecule has 0 amide bonds. The lowest BCUT2D eigenvalue weighted by Crippen LogP contribution is -2.35. The Kier molecular flexibility index (Phi) is 2.96. The van der Waals surface area contributed by atoms with Gasteiger partial charge in [-0.25, -0.2) is 9.38 Å². The summed E-state index contributed by atoms with van der Waals surface area (Å²) in [5.74, 6) is 0.487. The molecule has 7 heteroatoms. The van der Waals surface area contributed by atoms with Crippen LogP contribution in [-0.4, -0.2) is 16.0 Å². The van der Waals surface area contributed by atoms with E-state index in [4.69, 9.17) is 16.2 Å². The third-order valence-corrected chi connectivity index (χ3v) is 4.95. The fraction of sp³-hybridized carbons (Fsp3) is 0.188. The standard InChI is InChI=1S/C16H14FN3O2S/c17-12-7-9(21)6-11-14(12)22-13-2-1-8(18)5-10(13)16(11)3-4-23-15(19)20-16/h1-2,5-7,21H,3-4,18H2,(H2,19,20). The van der Waals surface area contributed by atoms with Crippen LogP contribution in [0.4, 0.5) is 10.1 Å². The molecule has 0 radical (unpaired) electrons. The molecule has 4 rings (SSSR count). The number of phenolic OH excluding ortho intramolecular Hbond substituents is 1. The van der Waals surface area contributed by atoms with E-state index in [-0.39, 0.29) is 11.5 Å². The van der Waals surface area contributed by atoms with Crippen LogP contribution in [0.15, 0.2) is 35.3 Å². The summed E-state index contributed by atoms with van der Waals surface area (Å²) in [6.07, 6.45) is 0.605. The number of aromatic hydroxyl groups is 1. The summed E-state index contributed by atoms with van der Waals surface area (Å²) in [6, 6.07) is 7.68. The zero-order valence-electron chi connectivity index (χ0n) is 12.0. The maximum absolute atomic E-state index is 14.3.